The monoisotopic (exact) mass is 276 g/mol. The van der Waals surface area contributed by atoms with E-state index in [-0.39, 0.29) is 29.0 Å². The zero-order valence-electron chi connectivity index (χ0n) is 10.6. The first-order valence-electron chi connectivity index (χ1n) is 5.77. The average Bonchev–Trinajstić information content (AvgIpc) is 2.77. The molecule has 0 fully saturated rings. The summed E-state index contributed by atoms with van der Waals surface area (Å²) < 4.78 is 5.22. The van der Waals surface area contributed by atoms with Crippen molar-refractivity contribution in [3.8, 4) is 0 Å². The number of carbonyl (C=O) groups excluding carboxylic acids is 1. The Hall–Kier alpha value is -2.83. The van der Waals surface area contributed by atoms with Gasteiger partial charge in [0.05, 0.1) is 6.54 Å². The molecule has 0 saturated heterocycles. The van der Waals surface area contributed by atoms with Crippen LogP contribution in [-0.4, -0.2) is 22.0 Å². The predicted molar refractivity (Wildman–Crippen MR) is 68.6 cm³/mol. The zero-order chi connectivity index (χ0) is 14.7. The molecule has 7 heteroatoms. The van der Waals surface area contributed by atoms with Gasteiger partial charge in [-0.15, -0.1) is 0 Å². The number of amides is 1. The van der Waals surface area contributed by atoms with Crippen LogP contribution in [0.15, 0.2) is 33.6 Å². The van der Waals surface area contributed by atoms with E-state index in [0.717, 1.165) is 0 Å². The lowest BCUT2D eigenvalue weighted by Gasteiger charge is -2.02. The second-order valence-electron chi connectivity index (χ2n) is 4.11. The normalized spacial score (nSPS) is 10.2. The topological polar surface area (TPSA) is 112 Å². The molecule has 2 heterocycles. The van der Waals surface area contributed by atoms with Crippen LogP contribution in [-0.2, 0) is 6.54 Å². The van der Waals surface area contributed by atoms with E-state index in [1.165, 1.54) is 31.3 Å². The van der Waals surface area contributed by atoms with Crippen molar-refractivity contribution in [1.82, 2.24) is 10.3 Å². The lowest BCUT2D eigenvalue weighted by atomic mass is 10.2. The first-order chi connectivity index (χ1) is 9.47. The Morgan fingerprint density at radius 1 is 1.40 bits per heavy atom. The maximum atomic E-state index is 11.8. The molecule has 0 radical (unpaired) electrons. The highest BCUT2D eigenvalue weighted by Crippen LogP contribution is 2.14. The van der Waals surface area contributed by atoms with Crippen LogP contribution >= 0.6 is 0 Å². The fourth-order valence-electron chi connectivity index (χ4n) is 1.70. The van der Waals surface area contributed by atoms with Crippen molar-refractivity contribution in [3.05, 3.63) is 57.4 Å². The van der Waals surface area contributed by atoms with Crippen molar-refractivity contribution in [2.45, 2.75) is 13.5 Å². The van der Waals surface area contributed by atoms with E-state index < -0.39 is 11.9 Å². The molecule has 0 unspecified atom stereocenters. The zero-order valence-corrected chi connectivity index (χ0v) is 10.6. The molecule has 0 atom stereocenters. The molecule has 0 aliphatic carbocycles. The molecule has 7 nitrogen and oxygen atoms in total. The summed E-state index contributed by atoms with van der Waals surface area (Å²) in [6, 6.07) is 3.99. The lowest BCUT2D eigenvalue weighted by Crippen LogP contribution is -2.24. The molecule has 0 saturated carbocycles. The maximum absolute atomic E-state index is 11.8. The fraction of sp³-hybridized carbons (Fsp3) is 0.154. The Bertz CT molecular complexity index is 714. The molecule has 0 spiro atoms. The number of pyridine rings is 1. The van der Waals surface area contributed by atoms with Gasteiger partial charge in [0.1, 0.15) is 17.1 Å². The van der Waals surface area contributed by atoms with Crippen LogP contribution in [0.1, 0.15) is 32.2 Å². The SMILES string of the molecule is Cc1oc(CNC(=O)c2cc[nH]c(=O)c2)cc1C(=O)O. The third kappa shape index (κ3) is 2.94. The molecule has 3 N–H and O–H groups in total. The van der Waals surface area contributed by atoms with Gasteiger partial charge in [-0.05, 0) is 19.1 Å². The van der Waals surface area contributed by atoms with Crippen molar-refractivity contribution in [2.24, 2.45) is 0 Å². The number of H-pyrrole nitrogens is 1. The van der Waals surface area contributed by atoms with Gasteiger partial charge in [0.2, 0.25) is 5.56 Å². The van der Waals surface area contributed by atoms with Crippen LogP contribution in [0.5, 0.6) is 0 Å². The minimum absolute atomic E-state index is 0.0414. The van der Waals surface area contributed by atoms with Gasteiger partial charge in [0.15, 0.2) is 0 Å². The number of carboxylic acids is 1. The van der Waals surface area contributed by atoms with Crippen LogP contribution in [0.2, 0.25) is 0 Å². The quantitative estimate of drug-likeness (QED) is 0.768. The van der Waals surface area contributed by atoms with Gasteiger partial charge in [0, 0.05) is 17.8 Å². The van der Waals surface area contributed by atoms with E-state index in [4.69, 9.17) is 9.52 Å². The maximum Gasteiger partial charge on any atom is 0.339 e. The summed E-state index contributed by atoms with van der Waals surface area (Å²) in [5.41, 5.74) is -0.0967. The van der Waals surface area contributed by atoms with Crippen LogP contribution < -0.4 is 10.9 Å². The number of aromatic nitrogens is 1. The summed E-state index contributed by atoms with van der Waals surface area (Å²) in [6.45, 7) is 1.57. The summed E-state index contributed by atoms with van der Waals surface area (Å²) in [4.78, 5) is 36.1. The van der Waals surface area contributed by atoms with Gasteiger partial charge in [-0.25, -0.2) is 4.79 Å². The summed E-state index contributed by atoms with van der Waals surface area (Å²) in [5, 5.41) is 11.4. The number of carbonyl (C=O) groups is 2. The minimum atomic E-state index is -1.08. The van der Waals surface area contributed by atoms with Crippen molar-refractivity contribution in [2.75, 3.05) is 0 Å². The molecule has 2 aromatic rings. The number of nitrogens with one attached hydrogen (secondary N) is 2. The average molecular weight is 276 g/mol. The van der Waals surface area contributed by atoms with E-state index in [1.807, 2.05) is 0 Å². The molecule has 2 rings (SSSR count). The first-order valence-corrected chi connectivity index (χ1v) is 5.77. The van der Waals surface area contributed by atoms with E-state index >= 15 is 0 Å². The summed E-state index contributed by atoms with van der Waals surface area (Å²) >= 11 is 0. The van der Waals surface area contributed by atoms with E-state index in [9.17, 15) is 14.4 Å². The van der Waals surface area contributed by atoms with E-state index in [0.29, 0.717) is 5.76 Å². The van der Waals surface area contributed by atoms with Gasteiger partial charge >= 0.3 is 5.97 Å². The van der Waals surface area contributed by atoms with Gasteiger partial charge in [-0.2, -0.15) is 0 Å². The lowest BCUT2D eigenvalue weighted by molar-refractivity contribution is 0.0694. The molecule has 20 heavy (non-hydrogen) atoms. The molecule has 1 amide bonds. The number of furan rings is 1. The Kier molecular flexibility index (Phi) is 3.69. The van der Waals surface area contributed by atoms with Gasteiger partial charge < -0.3 is 19.8 Å². The third-order valence-corrected chi connectivity index (χ3v) is 2.66. The molecule has 104 valence electrons. The highest BCUT2D eigenvalue weighted by atomic mass is 16.4. The van der Waals surface area contributed by atoms with Crippen molar-refractivity contribution < 1.29 is 19.1 Å². The Balaban J connectivity index is 2.05. The van der Waals surface area contributed by atoms with Gasteiger partial charge in [-0.3, -0.25) is 9.59 Å². The number of hydrogen-bond donors (Lipinski definition) is 3. The largest absolute Gasteiger partial charge is 0.478 e. The summed E-state index contributed by atoms with van der Waals surface area (Å²) in [7, 11) is 0. The molecule has 0 bridgehead atoms. The standard InChI is InChI=1S/C13H12N2O5/c1-7-10(13(18)19)5-9(20-7)6-15-12(17)8-2-3-14-11(16)4-8/h2-5H,6H2,1H3,(H,14,16)(H,15,17)(H,18,19). The second kappa shape index (κ2) is 5.43. The van der Waals surface area contributed by atoms with Crippen LogP contribution in [0.4, 0.5) is 0 Å². The molecule has 0 aliphatic rings. The third-order valence-electron chi connectivity index (χ3n) is 2.66. The number of rotatable bonds is 4. The van der Waals surface area contributed by atoms with E-state index in [2.05, 4.69) is 10.3 Å². The Labute approximate surface area is 113 Å². The smallest absolute Gasteiger partial charge is 0.339 e. The number of aromatic carboxylic acids is 1. The van der Waals surface area contributed by atoms with Crippen LogP contribution in [0, 0.1) is 6.92 Å². The Morgan fingerprint density at radius 3 is 2.75 bits per heavy atom. The summed E-state index contributed by atoms with van der Waals surface area (Å²) in [6.07, 6.45) is 1.37. The van der Waals surface area contributed by atoms with Crippen molar-refractivity contribution in [3.63, 3.8) is 0 Å². The second-order valence-corrected chi connectivity index (χ2v) is 4.11. The van der Waals surface area contributed by atoms with Crippen LogP contribution in [0.25, 0.3) is 0 Å². The summed E-state index contributed by atoms with van der Waals surface area (Å²) in [5.74, 6) is -0.920. The predicted octanol–water partition coefficient (Wildman–Crippen LogP) is 0.905. The number of aromatic amines is 1. The molecular formula is C13H12N2O5. The molecular weight excluding hydrogens is 264 g/mol. The molecule has 0 aromatic carbocycles. The first kappa shape index (κ1) is 13.6. The van der Waals surface area contributed by atoms with E-state index in [1.54, 1.807) is 0 Å². The number of hydrogen-bond acceptors (Lipinski definition) is 4. The van der Waals surface area contributed by atoms with Crippen LogP contribution in [0.3, 0.4) is 0 Å². The minimum Gasteiger partial charge on any atom is -0.478 e. The number of carboxylic acid groups (broad SMARTS) is 1. The number of aryl methyl sites for hydroxylation is 1. The van der Waals surface area contributed by atoms with Crippen molar-refractivity contribution >= 4 is 11.9 Å². The highest BCUT2D eigenvalue weighted by molar-refractivity contribution is 5.94. The molecule has 2 aromatic heterocycles. The highest BCUT2D eigenvalue weighted by Gasteiger charge is 2.14. The van der Waals surface area contributed by atoms with Gasteiger partial charge in [0.25, 0.3) is 5.91 Å². The Morgan fingerprint density at radius 2 is 2.15 bits per heavy atom. The fourth-order valence-corrected chi connectivity index (χ4v) is 1.70. The van der Waals surface area contributed by atoms with Gasteiger partial charge in [-0.1, -0.05) is 0 Å². The molecule has 0 aliphatic heterocycles. The van der Waals surface area contributed by atoms with Crippen molar-refractivity contribution in [1.29, 1.82) is 0 Å².